The summed E-state index contributed by atoms with van der Waals surface area (Å²) in [6, 6.07) is 4.44. The summed E-state index contributed by atoms with van der Waals surface area (Å²) in [6.45, 7) is 1.05. The van der Waals surface area contributed by atoms with Crippen LogP contribution in [0, 0.1) is 0 Å². The number of benzene rings is 1. The first-order valence-electron chi connectivity index (χ1n) is 7.57. The molecule has 1 fully saturated rings. The third-order valence-electron chi connectivity index (χ3n) is 4.13. The van der Waals surface area contributed by atoms with Crippen molar-refractivity contribution >= 4 is 15.9 Å². The summed E-state index contributed by atoms with van der Waals surface area (Å²) in [5.74, 6) is 0.000255. The van der Waals surface area contributed by atoms with Crippen LogP contribution in [0.1, 0.15) is 29.6 Å². The maximum Gasteiger partial charge on any atom is 0.254 e. The standard InChI is InChI=1S/C15H23N3O4S/c1-17-23(20,21)14-9-11(6-7-13(14)22-2)15(19)18-8-4-3-5-12(18)10-16/h6-7,9,12,17H,3-5,8,10,16H2,1-2H3. The topological polar surface area (TPSA) is 102 Å². The van der Waals surface area contributed by atoms with Crippen molar-refractivity contribution in [2.45, 2.75) is 30.2 Å². The number of piperidine rings is 1. The van der Waals surface area contributed by atoms with Gasteiger partial charge in [0.15, 0.2) is 0 Å². The first-order chi connectivity index (χ1) is 10.9. The summed E-state index contributed by atoms with van der Waals surface area (Å²) in [5, 5.41) is 0. The zero-order chi connectivity index (χ0) is 17.0. The van der Waals surface area contributed by atoms with E-state index in [0.29, 0.717) is 18.7 Å². The van der Waals surface area contributed by atoms with Crippen LogP contribution in [0.4, 0.5) is 0 Å². The number of hydrogen-bond acceptors (Lipinski definition) is 5. The largest absolute Gasteiger partial charge is 0.495 e. The second-order valence-corrected chi connectivity index (χ2v) is 7.31. The fourth-order valence-electron chi connectivity index (χ4n) is 2.81. The highest BCUT2D eigenvalue weighted by molar-refractivity contribution is 7.89. The van der Waals surface area contributed by atoms with Gasteiger partial charge in [-0.3, -0.25) is 4.79 Å². The van der Waals surface area contributed by atoms with E-state index in [1.54, 1.807) is 11.0 Å². The smallest absolute Gasteiger partial charge is 0.254 e. The first-order valence-corrected chi connectivity index (χ1v) is 9.05. The van der Waals surface area contributed by atoms with E-state index in [1.807, 2.05) is 0 Å². The number of rotatable bonds is 5. The quantitative estimate of drug-likeness (QED) is 0.815. The van der Waals surface area contributed by atoms with Crippen LogP contribution in [0.2, 0.25) is 0 Å². The van der Waals surface area contributed by atoms with Crippen molar-refractivity contribution in [2.24, 2.45) is 5.73 Å². The fourth-order valence-corrected chi connectivity index (χ4v) is 3.73. The maximum absolute atomic E-state index is 12.8. The maximum atomic E-state index is 12.8. The van der Waals surface area contributed by atoms with Crippen molar-refractivity contribution in [2.75, 3.05) is 27.2 Å². The molecule has 0 saturated carbocycles. The molecule has 1 aromatic carbocycles. The molecule has 1 aliphatic rings. The number of nitrogens with zero attached hydrogens (tertiary/aromatic N) is 1. The molecule has 0 aromatic heterocycles. The lowest BCUT2D eigenvalue weighted by molar-refractivity contribution is 0.0623. The summed E-state index contributed by atoms with van der Waals surface area (Å²) >= 11 is 0. The summed E-state index contributed by atoms with van der Waals surface area (Å²) in [7, 11) is -1.01. The fraction of sp³-hybridized carbons (Fsp3) is 0.533. The van der Waals surface area contributed by atoms with Crippen LogP contribution in [0.25, 0.3) is 0 Å². The lowest BCUT2D eigenvalue weighted by Gasteiger charge is -2.35. The summed E-state index contributed by atoms with van der Waals surface area (Å²) in [5.41, 5.74) is 6.08. The highest BCUT2D eigenvalue weighted by atomic mass is 32.2. The van der Waals surface area contributed by atoms with Gasteiger partial charge in [0, 0.05) is 24.7 Å². The highest BCUT2D eigenvalue weighted by Gasteiger charge is 2.28. The van der Waals surface area contributed by atoms with Crippen LogP contribution >= 0.6 is 0 Å². The second kappa shape index (κ2) is 7.29. The van der Waals surface area contributed by atoms with E-state index >= 15 is 0 Å². The molecular formula is C15H23N3O4S. The Morgan fingerprint density at radius 3 is 2.78 bits per heavy atom. The van der Waals surface area contributed by atoms with Gasteiger partial charge in [-0.2, -0.15) is 0 Å². The van der Waals surface area contributed by atoms with Crippen molar-refractivity contribution in [3.05, 3.63) is 23.8 Å². The molecule has 1 unspecified atom stereocenters. The van der Waals surface area contributed by atoms with Gasteiger partial charge in [-0.1, -0.05) is 0 Å². The van der Waals surface area contributed by atoms with Crippen LogP contribution in [0.3, 0.4) is 0 Å². The highest BCUT2D eigenvalue weighted by Crippen LogP contribution is 2.26. The normalized spacial score (nSPS) is 18.7. The molecule has 7 nitrogen and oxygen atoms in total. The number of hydrogen-bond donors (Lipinski definition) is 2. The van der Waals surface area contributed by atoms with Gasteiger partial charge in [0.2, 0.25) is 10.0 Å². The number of sulfonamides is 1. The number of amides is 1. The van der Waals surface area contributed by atoms with E-state index in [2.05, 4.69) is 4.72 Å². The van der Waals surface area contributed by atoms with Gasteiger partial charge in [-0.05, 0) is 44.5 Å². The molecule has 1 heterocycles. The Bertz CT molecular complexity index is 675. The minimum absolute atomic E-state index is 0.00251. The Kier molecular flexibility index (Phi) is 5.61. The van der Waals surface area contributed by atoms with Crippen molar-refractivity contribution in [3.63, 3.8) is 0 Å². The van der Waals surface area contributed by atoms with Gasteiger partial charge in [-0.15, -0.1) is 0 Å². The molecule has 3 N–H and O–H groups in total. The lowest BCUT2D eigenvalue weighted by atomic mass is 10.0. The lowest BCUT2D eigenvalue weighted by Crippen LogP contribution is -2.47. The van der Waals surface area contributed by atoms with Crippen molar-refractivity contribution in [1.29, 1.82) is 0 Å². The van der Waals surface area contributed by atoms with Gasteiger partial charge >= 0.3 is 0 Å². The molecule has 1 saturated heterocycles. The van der Waals surface area contributed by atoms with Crippen LogP contribution in [-0.2, 0) is 10.0 Å². The zero-order valence-corrected chi connectivity index (χ0v) is 14.2. The van der Waals surface area contributed by atoms with Gasteiger partial charge in [0.1, 0.15) is 10.6 Å². The van der Waals surface area contributed by atoms with E-state index in [-0.39, 0.29) is 22.6 Å². The molecule has 0 spiro atoms. The molecule has 1 aliphatic heterocycles. The molecule has 1 aromatic rings. The van der Waals surface area contributed by atoms with Crippen LogP contribution in [0.5, 0.6) is 5.75 Å². The van der Waals surface area contributed by atoms with Gasteiger partial charge < -0.3 is 15.4 Å². The Morgan fingerprint density at radius 2 is 2.17 bits per heavy atom. The Hall–Kier alpha value is -1.64. The number of nitrogens with two attached hydrogens (primary N) is 1. The molecular weight excluding hydrogens is 318 g/mol. The predicted octanol–water partition coefficient (Wildman–Crippen LogP) is 0.557. The minimum Gasteiger partial charge on any atom is -0.495 e. The van der Waals surface area contributed by atoms with E-state index in [9.17, 15) is 13.2 Å². The molecule has 23 heavy (non-hydrogen) atoms. The van der Waals surface area contributed by atoms with Crippen LogP contribution in [-0.4, -0.2) is 52.5 Å². The van der Waals surface area contributed by atoms with Crippen molar-refractivity contribution in [3.8, 4) is 5.75 Å². The summed E-state index contributed by atoms with van der Waals surface area (Å²) in [4.78, 5) is 14.4. The number of likely N-dealkylation sites (tertiary alicyclic amines) is 1. The van der Waals surface area contributed by atoms with Crippen LogP contribution < -0.4 is 15.2 Å². The van der Waals surface area contributed by atoms with Crippen LogP contribution in [0.15, 0.2) is 23.1 Å². The number of carbonyl (C=O) groups is 1. The van der Waals surface area contributed by atoms with E-state index < -0.39 is 10.0 Å². The third-order valence-corrected chi connectivity index (χ3v) is 5.56. The molecule has 1 atom stereocenters. The number of nitrogens with one attached hydrogen (secondary N) is 1. The Labute approximate surface area is 136 Å². The van der Waals surface area contributed by atoms with Crippen molar-refractivity contribution < 1.29 is 17.9 Å². The van der Waals surface area contributed by atoms with Crippen molar-refractivity contribution in [1.82, 2.24) is 9.62 Å². The Morgan fingerprint density at radius 1 is 1.43 bits per heavy atom. The minimum atomic E-state index is -3.72. The van der Waals surface area contributed by atoms with Gasteiger partial charge in [0.05, 0.1) is 7.11 Å². The molecule has 128 valence electrons. The second-order valence-electron chi connectivity index (χ2n) is 5.46. The number of methoxy groups -OCH3 is 1. The van der Waals surface area contributed by atoms with E-state index in [0.717, 1.165) is 19.3 Å². The molecule has 0 radical (unpaired) electrons. The zero-order valence-electron chi connectivity index (χ0n) is 13.4. The van der Waals surface area contributed by atoms with Gasteiger partial charge in [-0.25, -0.2) is 13.1 Å². The predicted molar refractivity (Wildman–Crippen MR) is 87.0 cm³/mol. The van der Waals surface area contributed by atoms with Gasteiger partial charge in [0.25, 0.3) is 5.91 Å². The average Bonchev–Trinajstić information content (AvgIpc) is 2.60. The average molecular weight is 341 g/mol. The van der Waals surface area contributed by atoms with E-state index in [1.165, 1.54) is 26.3 Å². The first kappa shape index (κ1) is 17.7. The Balaban J connectivity index is 2.40. The molecule has 2 rings (SSSR count). The molecule has 8 heteroatoms. The monoisotopic (exact) mass is 341 g/mol. The van der Waals surface area contributed by atoms with E-state index in [4.69, 9.17) is 10.5 Å². The SMILES string of the molecule is CNS(=O)(=O)c1cc(C(=O)N2CCCCC2CN)ccc1OC. The summed E-state index contributed by atoms with van der Waals surface area (Å²) in [6.07, 6.45) is 2.85. The third kappa shape index (κ3) is 3.65. The summed E-state index contributed by atoms with van der Waals surface area (Å²) < 4.78 is 31.6. The number of ether oxygens (including phenoxy) is 1. The molecule has 1 amide bonds. The number of carbonyl (C=O) groups excluding carboxylic acids is 1. The molecule has 0 aliphatic carbocycles. The molecule has 0 bridgehead atoms.